The average Bonchev–Trinajstić information content (AvgIpc) is 2.98. The first kappa shape index (κ1) is 12.6. The molecule has 0 spiro atoms. The monoisotopic (exact) mass is 269 g/mol. The fourth-order valence-corrected chi connectivity index (χ4v) is 2.16. The minimum atomic E-state index is -0.0752. The molecular weight excluding hydrogens is 254 g/mol. The quantitative estimate of drug-likeness (QED) is 0.717. The summed E-state index contributed by atoms with van der Waals surface area (Å²) in [6.45, 7) is 2.05. The molecule has 0 saturated heterocycles. The van der Waals surface area contributed by atoms with Gasteiger partial charge in [-0.05, 0) is 18.2 Å². The van der Waals surface area contributed by atoms with Gasteiger partial charge in [-0.15, -0.1) is 0 Å². The molecule has 3 rings (SSSR count). The maximum atomic E-state index is 11.9. The van der Waals surface area contributed by atoms with Crippen LogP contribution in [0.4, 0.5) is 0 Å². The molecule has 20 heavy (non-hydrogen) atoms. The van der Waals surface area contributed by atoms with Crippen LogP contribution in [-0.2, 0) is 13.1 Å². The van der Waals surface area contributed by atoms with Crippen LogP contribution in [0.3, 0.4) is 0 Å². The minimum Gasteiger partial charge on any atom is -0.472 e. The number of fused-ring (bicyclic) bond motifs is 1. The van der Waals surface area contributed by atoms with Gasteiger partial charge < -0.3 is 14.3 Å². The van der Waals surface area contributed by atoms with E-state index in [-0.39, 0.29) is 5.56 Å². The van der Waals surface area contributed by atoms with E-state index < -0.39 is 0 Å². The van der Waals surface area contributed by atoms with E-state index in [1.54, 1.807) is 17.1 Å². The van der Waals surface area contributed by atoms with Crippen molar-refractivity contribution in [2.75, 3.05) is 6.54 Å². The van der Waals surface area contributed by atoms with Crippen molar-refractivity contribution in [2.24, 2.45) is 0 Å². The van der Waals surface area contributed by atoms with Crippen LogP contribution in [0.1, 0.15) is 5.56 Å². The van der Waals surface area contributed by atoms with Crippen LogP contribution in [0, 0.1) is 0 Å². The zero-order valence-electron chi connectivity index (χ0n) is 11.0. The van der Waals surface area contributed by atoms with Crippen molar-refractivity contribution in [1.29, 1.82) is 0 Å². The van der Waals surface area contributed by atoms with E-state index in [1.807, 2.05) is 30.3 Å². The third kappa shape index (κ3) is 2.62. The summed E-state index contributed by atoms with van der Waals surface area (Å²) in [5.41, 5.74) is 2.72. The molecule has 0 aliphatic heterocycles. The van der Waals surface area contributed by atoms with Gasteiger partial charge in [-0.3, -0.25) is 4.79 Å². The molecule has 5 nitrogen and oxygen atoms in total. The number of furan rings is 1. The number of benzene rings is 1. The van der Waals surface area contributed by atoms with Gasteiger partial charge >= 0.3 is 0 Å². The highest BCUT2D eigenvalue weighted by Gasteiger charge is 2.03. The molecule has 3 aromatic rings. The number of rotatable bonds is 5. The van der Waals surface area contributed by atoms with E-state index in [0.717, 1.165) is 23.1 Å². The van der Waals surface area contributed by atoms with Crippen LogP contribution >= 0.6 is 0 Å². The summed E-state index contributed by atoms with van der Waals surface area (Å²) in [6.07, 6.45) is 4.73. The van der Waals surface area contributed by atoms with Crippen LogP contribution in [0.5, 0.6) is 0 Å². The maximum absolute atomic E-state index is 11.9. The molecule has 1 aromatic carbocycles. The fourth-order valence-electron chi connectivity index (χ4n) is 2.16. The smallest absolute Gasteiger partial charge is 0.269 e. The Kier molecular flexibility index (Phi) is 3.60. The zero-order valence-corrected chi connectivity index (χ0v) is 11.0. The largest absolute Gasteiger partial charge is 0.472 e. The van der Waals surface area contributed by atoms with Crippen LogP contribution in [-0.4, -0.2) is 16.1 Å². The summed E-state index contributed by atoms with van der Waals surface area (Å²) in [5.74, 6) is 0. The number of nitrogens with one attached hydrogen (secondary N) is 1. The van der Waals surface area contributed by atoms with Crippen molar-refractivity contribution in [3.63, 3.8) is 0 Å². The van der Waals surface area contributed by atoms with Gasteiger partial charge in [0, 0.05) is 25.2 Å². The molecule has 5 heteroatoms. The predicted octanol–water partition coefficient (Wildman–Crippen LogP) is 1.78. The summed E-state index contributed by atoms with van der Waals surface area (Å²) in [7, 11) is 0. The molecule has 102 valence electrons. The average molecular weight is 269 g/mol. The summed E-state index contributed by atoms with van der Waals surface area (Å²) in [6, 6.07) is 9.57. The van der Waals surface area contributed by atoms with E-state index in [1.165, 1.54) is 6.20 Å². The third-order valence-electron chi connectivity index (χ3n) is 3.17. The minimum absolute atomic E-state index is 0.0752. The Balaban J connectivity index is 1.71. The highest BCUT2D eigenvalue weighted by Crippen LogP contribution is 2.07. The van der Waals surface area contributed by atoms with Crippen LogP contribution in [0.2, 0.25) is 0 Å². The van der Waals surface area contributed by atoms with Crippen LogP contribution in [0.25, 0.3) is 11.0 Å². The summed E-state index contributed by atoms with van der Waals surface area (Å²) in [4.78, 5) is 16.1. The highest BCUT2D eigenvalue weighted by atomic mass is 16.3. The molecule has 0 atom stereocenters. The molecule has 1 N–H and O–H groups in total. The van der Waals surface area contributed by atoms with Crippen LogP contribution < -0.4 is 10.9 Å². The first-order chi connectivity index (χ1) is 9.84. The van der Waals surface area contributed by atoms with E-state index >= 15 is 0 Å². The molecule has 0 bridgehead atoms. The third-order valence-corrected chi connectivity index (χ3v) is 3.17. The first-order valence-electron chi connectivity index (χ1n) is 6.51. The first-order valence-corrected chi connectivity index (χ1v) is 6.51. The van der Waals surface area contributed by atoms with Crippen molar-refractivity contribution < 1.29 is 4.42 Å². The summed E-state index contributed by atoms with van der Waals surface area (Å²) >= 11 is 0. The number of nitrogens with zero attached hydrogens (tertiary/aromatic N) is 2. The Labute approximate surface area is 115 Å². The summed E-state index contributed by atoms with van der Waals surface area (Å²) < 4.78 is 6.74. The van der Waals surface area contributed by atoms with Gasteiger partial charge in [0.05, 0.1) is 29.8 Å². The number of aromatic nitrogens is 2. The van der Waals surface area contributed by atoms with Crippen molar-refractivity contribution in [1.82, 2.24) is 14.9 Å². The van der Waals surface area contributed by atoms with E-state index in [9.17, 15) is 4.79 Å². The lowest BCUT2D eigenvalue weighted by Crippen LogP contribution is -2.27. The van der Waals surface area contributed by atoms with Crippen molar-refractivity contribution >= 4 is 11.0 Å². The molecule has 2 heterocycles. The normalized spacial score (nSPS) is 11.0. The summed E-state index contributed by atoms with van der Waals surface area (Å²) in [5, 5.41) is 3.29. The van der Waals surface area contributed by atoms with Gasteiger partial charge in [0.2, 0.25) is 0 Å². The number of hydrogen-bond acceptors (Lipinski definition) is 4. The maximum Gasteiger partial charge on any atom is 0.269 e. The second kappa shape index (κ2) is 5.71. The lowest BCUT2D eigenvalue weighted by Gasteiger charge is -2.09. The molecule has 2 aromatic heterocycles. The standard InChI is InChI=1S/C15H15N3O2/c19-15-10-17-13-3-1-2-4-14(13)18(15)7-6-16-9-12-5-8-20-11-12/h1-5,8,10-11,16H,6-7,9H2. The molecule has 0 radical (unpaired) electrons. The van der Waals surface area contributed by atoms with Gasteiger partial charge in [0.1, 0.15) is 0 Å². The fraction of sp³-hybridized carbons (Fsp3) is 0.200. The van der Waals surface area contributed by atoms with Gasteiger partial charge in [0.25, 0.3) is 5.56 Å². The molecule has 0 aliphatic carbocycles. The molecular formula is C15H15N3O2. The van der Waals surface area contributed by atoms with E-state index in [4.69, 9.17) is 4.42 Å². The second-order valence-electron chi connectivity index (χ2n) is 4.55. The molecule has 0 amide bonds. The van der Waals surface area contributed by atoms with E-state index in [0.29, 0.717) is 13.1 Å². The second-order valence-corrected chi connectivity index (χ2v) is 4.55. The van der Waals surface area contributed by atoms with Crippen molar-refractivity contribution in [3.8, 4) is 0 Å². The highest BCUT2D eigenvalue weighted by molar-refractivity contribution is 5.74. The Morgan fingerprint density at radius 2 is 2.15 bits per heavy atom. The Hall–Kier alpha value is -2.40. The predicted molar refractivity (Wildman–Crippen MR) is 76.4 cm³/mol. The Bertz CT molecular complexity index is 747. The molecule has 0 aliphatic rings. The molecule has 0 fully saturated rings. The van der Waals surface area contributed by atoms with Gasteiger partial charge in [-0.1, -0.05) is 12.1 Å². The Morgan fingerprint density at radius 3 is 3.00 bits per heavy atom. The lowest BCUT2D eigenvalue weighted by molar-refractivity contribution is 0.555. The molecule has 0 saturated carbocycles. The van der Waals surface area contributed by atoms with Gasteiger partial charge in [-0.2, -0.15) is 0 Å². The number of hydrogen-bond donors (Lipinski definition) is 1. The van der Waals surface area contributed by atoms with Gasteiger partial charge in [0.15, 0.2) is 0 Å². The van der Waals surface area contributed by atoms with Crippen molar-refractivity contribution in [3.05, 3.63) is 65.0 Å². The zero-order chi connectivity index (χ0) is 13.8. The Morgan fingerprint density at radius 1 is 1.25 bits per heavy atom. The SMILES string of the molecule is O=c1cnc2ccccc2n1CCNCc1ccoc1. The van der Waals surface area contributed by atoms with Crippen molar-refractivity contribution in [2.45, 2.75) is 13.1 Å². The van der Waals surface area contributed by atoms with E-state index in [2.05, 4.69) is 10.3 Å². The number of para-hydroxylation sites is 2. The molecule has 0 unspecified atom stereocenters. The van der Waals surface area contributed by atoms with Crippen LogP contribution in [0.15, 0.2) is 58.3 Å². The topological polar surface area (TPSA) is 60.1 Å². The lowest BCUT2D eigenvalue weighted by atomic mass is 10.3. The van der Waals surface area contributed by atoms with Gasteiger partial charge in [-0.25, -0.2) is 4.98 Å².